The van der Waals surface area contributed by atoms with Gasteiger partial charge in [-0.15, -0.1) is 0 Å². The van der Waals surface area contributed by atoms with Crippen LogP contribution in [0.1, 0.15) is 12.7 Å². The van der Waals surface area contributed by atoms with E-state index in [2.05, 4.69) is 15.7 Å². The highest BCUT2D eigenvalue weighted by atomic mass is 16.5. The normalized spacial score (nSPS) is 13.5. The zero-order valence-electron chi connectivity index (χ0n) is 10.3. The summed E-state index contributed by atoms with van der Waals surface area (Å²) in [6.45, 7) is 3.17. The smallest absolute Gasteiger partial charge is 0.206 e. The first-order valence-electron chi connectivity index (χ1n) is 5.55. The van der Waals surface area contributed by atoms with E-state index >= 15 is 0 Å². The van der Waals surface area contributed by atoms with E-state index in [0.29, 0.717) is 19.1 Å². The van der Waals surface area contributed by atoms with Crippen molar-refractivity contribution >= 4 is 5.96 Å². The van der Waals surface area contributed by atoms with Gasteiger partial charge in [-0.2, -0.15) is 0 Å². The van der Waals surface area contributed by atoms with Crippen LogP contribution >= 0.6 is 0 Å². The Morgan fingerprint density at radius 2 is 2.47 bits per heavy atom. The number of ether oxygens (including phenoxy) is 1. The van der Waals surface area contributed by atoms with Crippen LogP contribution in [0.3, 0.4) is 0 Å². The van der Waals surface area contributed by atoms with Gasteiger partial charge < -0.3 is 14.5 Å². The van der Waals surface area contributed by atoms with Crippen LogP contribution in [0.4, 0.5) is 0 Å². The predicted molar refractivity (Wildman–Crippen MR) is 66.5 cm³/mol. The summed E-state index contributed by atoms with van der Waals surface area (Å²) in [7, 11) is 1.64. The van der Waals surface area contributed by atoms with Crippen LogP contribution in [0.15, 0.2) is 27.8 Å². The molecule has 0 aliphatic heterocycles. The van der Waals surface area contributed by atoms with Crippen LogP contribution in [0, 0.1) is 0 Å². The van der Waals surface area contributed by atoms with Crippen molar-refractivity contribution < 1.29 is 9.15 Å². The van der Waals surface area contributed by atoms with E-state index < -0.39 is 0 Å². The monoisotopic (exact) mass is 240 g/mol. The summed E-state index contributed by atoms with van der Waals surface area (Å²) >= 11 is 0. The van der Waals surface area contributed by atoms with E-state index in [1.807, 2.05) is 19.1 Å². The van der Waals surface area contributed by atoms with Gasteiger partial charge in [-0.25, -0.2) is 10.8 Å². The lowest BCUT2D eigenvalue weighted by Gasteiger charge is -2.15. The molecule has 0 radical (unpaired) electrons. The number of hydrogen-bond acceptors (Lipinski definition) is 4. The molecule has 1 aromatic heterocycles. The van der Waals surface area contributed by atoms with Gasteiger partial charge in [0.1, 0.15) is 5.76 Å². The van der Waals surface area contributed by atoms with Gasteiger partial charge in [0.2, 0.25) is 5.96 Å². The number of nitrogens with one attached hydrogen (secondary N) is 2. The summed E-state index contributed by atoms with van der Waals surface area (Å²) in [5.74, 6) is 6.85. The van der Waals surface area contributed by atoms with Crippen molar-refractivity contribution in [3.8, 4) is 0 Å². The maximum atomic E-state index is 5.37. The minimum absolute atomic E-state index is 0.179. The highest BCUT2D eigenvalue weighted by Crippen LogP contribution is 2.03. The number of nitrogens with zero attached hydrogens (tertiary/aromatic N) is 1. The van der Waals surface area contributed by atoms with E-state index in [1.54, 1.807) is 13.4 Å². The first-order valence-corrected chi connectivity index (χ1v) is 5.55. The second kappa shape index (κ2) is 7.70. The molecule has 1 aromatic rings. The van der Waals surface area contributed by atoms with Gasteiger partial charge in [0.15, 0.2) is 0 Å². The SMILES string of the molecule is COCCN=C(NN)NC(C)Cc1ccco1. The molecule has 6 heteroatoms. The first kappa shape index (κ1) is 13.5. The summed E-state index contributed by atoms with van der Waals surface area (Å²) in [5.41, 5.74) is 2.52. The number of methoxy groups -OCH3 is 1. The van der Waals surface area contributed by atoms with Crippen molar-refractivity contribution in [1.82, 2.24) is 10.7 Å². The molecule has 1 rings (SSSR count). The average molecular weight is 240 g/mol. The summed E-state index contributed by atoms with van der Waals surface area (Å²) in [5, 5.41) is 3.16. The fourth-order valence-corrected chi connectivity index (χ4v) is 1.40. The fraction of sp³-hybridized carbons (Fsp3) is 0.545. The number of rotatable bonds is 6. The quantitative estimate of drug-likeness (QED) is 0.218. The number of guanidine groups is 1. The molecule has 0 spiro atoms. The van der Waals surface area contributed by atoms with Gasteiger partial charge in [0.05, 0.1) is 19.4 Å². The Hall–Kier alpha value is -1.53. The Kier molecular flexibility index (Phi) is 6.13. The minimum Gasteiger partial charge on any atom is -0.469 e. The number of nitrogens with two attached hydrogens (primary N) is 1. The third-order valence-corrected chi connectivity index (χ3v) is 2.17. The third kappa shape index (κ3) is 5.37. The lowest BCUT2D eigenvalue weighted by Crippen LogP contribution is -2.46. The Bertz CT molecular complexity index is 324. The average Bonchev–Trinajstić information content (AvgIpc) is 2.80. The van der Waals surface area contributed by atoms with E-state index in [0.717, 1.165) is 12.2 Å². The largest absolute Gasteiger partial charge is 0.469 e. The molecule has 0 fully saturated rings. The molecule has 4 N–H and O–H groups in total. The van der Waals surface area contributed by atoms with Crippen molar-refractivity contribution in [2.45, 2.75) is 19.4 Å². The fourth-order valence-electron chi connectivity index (χ4n) is 1.40. The highest BCUT2D eigenvalue weighted by molar-refractivity contribution is 5.79. The Balaban J connectivity index is 2.36. The van der Waals surface area contributed by atoms with Crippen LogP contribution in [-0.4, -0.2) is 32.3 Å². The summed E-state index contributed by atoms with van der Waals surface area (Å²) < 4.78 is 10.2. The van der Waals surface area contributed by atoms with Crippen LogP contribution in [0.2, 0.25) is 0 Å². The lowest BCUT2D eigenvalue weighted by atomic mass is 10.2. The molecular weight excluding hydrogens is 220 g/mol. The molecule has 0 aliphatic rings. The van der Waals surface area contributed by atoms with E-state index in [9.17, 15) is 0 Å². The molecule has 0 aliphatic carbocycles. The molecule has 1 atom stereocenters. The molecule has 1 unspecified atom stereocenters. The summed E-state index contributed by atoms with van der Waals surface area (Å²) in [6, 6.07) is 3.99. The van der Waals surface area contributed by atoms with E-state index in [1.165, 1.54) is 0 Å². The molecule has 17 heavy (non-hydrogen) atoms. The molecule has 0 saturated heterocycles. The van der Waals surface area contributed by atoms with Crippen LogP contribution in [0.5, 0.6) is 0 Å². The number of hydrazine groups is 1. The minimum atomic E-state index is 0.179. The van der Waals surface area contributed by atoms with Gasteiger partial charge in [0.25, 0.3) is 0 Å². The lowest BCUT2D eigenvalue weighted by molar-refractivity contribution is 0.208. The van der Waals surface area contributed by atoms with Gasteiger partial charge >= 0.3 is 0 Å². The summed E-state index contributed by atoms with van der Waals surface area (Å²) in [6.07, 6.45) is 2.44. The van der Waals surface area contributed by atoms with Gasteiger partial charge in [-0.3, -0.25) is 5.43 Å². The zero-order chi connectivity index (χ0) is 12.5. The topological polar surface area (TPSA) is 84.8 Å². The molecule has 6 nitrogen and oxygen atoms in total. The second-order valence-electron chi connectivity index (χ2n) is 3.70. The Labute approximate surface area is 101 Å². The van der Waals surface area contributed by atoms with Crippen molar-refractivity contribution in [3.05, 3.63) is 24.2 Å². The molecule has 0 amide bonds. The van der Waals surface area contributed by atoms with Crippen LogP contribution < -0.4 is 16.6 Å². The number of hydrogen-bond donors (Lipinski definition) is 3. The maximum absolute atomic E-state index is 5.37. The van der Waals surface area contributed by atoms with Crippen molar-refractivity contribution in [3.63, 3.8) is 0 Å². The molecule has 96 valence electrons. The number of aliphatic imine (C=N–C) groups is 1. The molecular formula is C11H20N4O2. The van der Waals surface area contributed by atoms with Crippen LogP contribution in [0.25, 0.3) is 0 Å². The predicted octanol–water partition coefficient (Wildman–Crippen LogP) is 0.266. The van der Waals surface area contributed by atoms with E-state index in [4.69, 9.17) is 15.0 Å². The van der Waals surface area contributed by atoms with Crippen LogP contribution in [-0.2, 0) is 11.2 Å². The Morgan fingerprint density at radius 3 is 3.06 bits per heavy atom. The third-order valence-electron chi connectivity index (χ3n) is 2.17. The highest BCUT2D eigenvalue weighted by Gasteiger charge is 2.07. The Morgan fingerprint density at radius 1 is 1.65 bits per heavy atom. The zero-order valence-corrected chi connectivity index (χ0v) is 10.3. The maximum Gasteiger partial charge on any atom is 0.206 e. The molecule has 0 saturated carbocycles. The molecule has 0 aromatic carbocycles. The molecule has 1 heterocycles. The first-order chi connectivity index (χ1) is 8.26. The second-order valence-corrected chi connectivity index (χ2v) is 3.70. The van der Waals surface area contributed by atoms with Crippen molar-refractivity contribution in [2.24, 2.45) is 10.8 Å². The van der Waals surface area contributed by atoms with Gasteiger partial charge in [-0.1, -0.05) is 0 Å². The van der Waals surface area contributed by atoms with E-state index in [-0.39, 0.29) is 6.04 Å². The number of furan rings is 1. The molecule has 0 bridgehead atoms. The standard InChI is InChI=1S/C11H20N4O2/c1-9(8-10-4-3-6-17-10)14-11(15-12)13-5-7-16-2/h3-4,6,9H,5,7-8,12H2,1-2H3,(H2,13,14,15). The van der Waals surface area contributed by atoms with Gasteiger partial charge in [0, 0.05) is 19.6 Å². The van der Waals surface area contributed by atoms with Crippen molar-refractivity contribution in [2.75, 3.05) is 20.3 Å². The summed E-state index contributed by atoms with van der Waals surface area (Å²) in [4.78, 5) is 4.22. The van der Waals surface area contributed by atoms with Gasteiger partial charge in [-0.05, 0) is 19.1 Å². The van der Waals surface area contributed by atoms with Crippen molar-refractivity contribution in [1.29, 1.82) is 0 Å².